The maximum atomic E-state index is 12.8. The van der Waals surface area contributed by atoms with Crippen molar-refractivity contribution in [1.29, 1.82) is 0 Å². The van der Waals surface area contributed by atoms with E-state index < -0.39 is 26.0 Å². The number of nitrogens with two attached hydrogens (primary N) is 1. The minimum absolute atomic E-state index is 0.0371. The van der Waals surface area contributed by atoms with Crippen molar-refractivity contribution < 1.29 is 21.6 Å². The number of carbonyl (C=O) groups is 1. The Morgan fingerprint density at radius 3 is 2.50 bits per heavy atom. The fourth-order valence-electron chi connectivity index (χ4n) is 3.38. The second-order valence-corrected chi connectivity index (χ2v) is 12.5. The summed E-state index contributed by atoms with van der Waals surface area (Å²) in [5.74, 6) is -0.432. The molecule has 0 spiro atoms. The summed E-state index contributed by atoms with van der Waals surface area (Å²) in [5.41, 5.74) is 0.840. The summed E-state index contributed by atoms with van der Waals surface area (Å²) in [6.45, 7) is 0.136. The van der Waals surface area contributed by atoms with Gasteiger partial charge in [-0.1, -0.05) is 29.8 Å². The maximum Gasteiger partial charge on any atom is 0.276 e. The number of thiophene rings is 1. The monoisotopic (exact) mass is 538 g/mol. The molecule has 0 atom stereocenters. The minimum atomic E-state index is -3.93. The zero-order valence-electron chi connectivity index (χ0n) is 17.5. The van der Waals surface area contributed by atoms with Gasteiger partial charge in [-0.05, 0) is 42.8 Å². The lowest BCUT2D eigenvalue weighted by Gasteiger charge is -2.16. The van der Waals surface area contributed by atoms with Gasteiger partial charge in [-0.3, -0.25) is 14.4 Å². The number of anilines is 1. The molecule has 2 aromatic heterocycles. The highest BCUT2D eigenvalue weighted by Crippen LogP contribution is 2.28. The summed E-state index contributed by atoms with van der Waals surface area (Å²) in [5, 5.41) is 5.29. The number of nitrogens with zero attached hydrogens (tertiary/aromatic N) is 2. The number of hydrogen-bond acceptors (Lipinski definition) is 7. The van der Waals surface area contributed by atoms with E-state index in [2.05, 4.69) is 9.71 Å². The van der Waals surface area contributed by atoms with Crippen LogP contribution in [0.2, 0.25) is 4.34 Å². The van der Waals surface area contributed by atoms with Gasteiger partial charge in [0.25, 0.3) is 5.91 Å². The number of nitrogens with one attached hydrogen (secondary N) is 1. The van der Waals surface area contributed by atoms with Crippen molar-refractivity contribution in [3.05, 3.63) is 75.7 Å². The molecule has 0 radical (unpaired) electrons. The van der Waals surface area contributed by atoms with E-state index in [1.807, 2.05) is 0 Å². The fourth-order valence-corrected chi connectivity index (χ4v) is 6.45. The molecule has 4 rings (SSSR count). The summed E-state index contributed by atoms with van der Waals surface area (Å²) < 4.78 is 51.5. The summed E-state index contributed by atoms with van der Waals surface area (Å²) in [6, 6.07) is 12.9. The van der Waals surface area contributed by atoms with E-state index in [-0.39, 0.29) is 29.3 Å². The normalized spacial score (nSPS) is 14.4. The molecule has 0 saturated carbocycles. The molecule has 3 N–H and O–H groups in total. The van der Waals surface area contributed by atoms with Crippen LogP contribution in [0.4, 0.5) is 5.82 Å². The van der Waals surface area contributed by atoms with E-state index in [1.165, 1.54) is 34.6 Å². The van der Waals surface area contributed by atoms with Crippen LogP contribution in [0.5, 0.6) is 0 Å². The van der Waals surface area contributed by atoms with Crippen LogP contribution >= 0.6 is 22.9 Å². The molecule has 0 saturated heterocycles. The molecular weight excluding hydrogens is 520 g/mol. The Kier molecular flexibility index (Phi) is 6.78. The van der Waals surface area contributed by atoms with Crippen LogP contribution in [0.25, 0.3) is 11.1 Å². The van der Waals surface area contributed by atoms with Gasteiger partial charge in [0.05, 0.1) is 15.0 Å². The third-order valence-corrected chi connectivity index (χ3v) is 8.53. The first-order chi connectivity index (χ1) is 16.0. The summed E-state index contributed by atoms with van der Waals surface area (Å²) in [6.07, 6.45) is 3.19. The Labute approximate surface area is 206 Å². The van der Waals surface area contributed by atoms with Gasteiger partial charge < -0.3 is 0 Å². The van der Waals surface area contributed by atoms with Crippen molar-refractivity contribution in [3.63, 3.8) is 0 Å². The van der Waals surface area contributed by atoms with Crippen molar-refractivity contribution in [3.8, 4) is 11.1 Å². The summed E-state index contributed by atoms with van der Waals surface area (Å²) in [7, 11) is -7.68. The highest BCUT2D eigenvalue weighted by molar-refractivity contribution is 7.89. The topological polar surface area (TPSA) is 140 Å². The van der Waals surface area contributed by atoms with Crippen molar-refractivity contribution in [2.75, 3.05) is 17.2 Å². The predicted octanol–water partition coefficient (Wildman–Crippen LogP) is 2.50. The van der Waals surface area contributed by atoms with Gasteiger partial charge in [0.2, 0.25) is 20.0 Å². The second kappa shape index (κ2) is 9.47. The molecule has 0 unspecified atom stereocenters. The van der Waals surface area contributed by atoms with Crippen LogP contribution in [-0.4, -0.2) is 40.0 Å². The molecule has 0 fully saturated rings. The number of aromatic nitrogens is 1. The fraction of sp³-hybridized carbons (Fsp3) is 0.143. The first-order valence-electron chi connectivity index (χ1n) is 9.88. The molecule has 3 heterocycles. The number of rotatable bonds is 8. The molecule has 0 bridgehead atoms. The molecule has 178 valence electrons. The maximum absolute atomic E-state index is 12.8. The van der Waals surface area contributed by atoms with Crippen LogP contribution < -0.4 is 14.8 Å². The molecular formula is C21H19ClN4O5S3. The number of halogens is 1. The Balaban J connectivity index is 1.45. The van der Waals surface area contributed by atoms with Gasteiger partial charge in [-0.25, -0.2) is 27.0 Å². The average molecular weight is 539 g/mol. The van der Waals surface area contributed by atoms with Crippen LogP contribution in [0.1, 0.15) is 4.88 Å². The molecule has 0 aliphatic carbocycles. The van der Waals surface area contributed by atoms with Gasteiger partial charge in [0.1, 0.15) is 11.5 Å². The zero-order valence-corrected chi connectivity index (χ0v) is 20.7. The number of hydrogen-bond donors (Lipinski definition) is 2. The van der Waals surface area contributed by atoms with E-state index in [0.29, 0.717) is 21.3 Å². The predicted molar refractivity (Wildman–Crippen MR) is 131 cm³/mol. The van der Waals surface area contributed by atoms with Crippen LogP contribution in [0.3, 0.4) is 0 Å². The number of sulfonamides is 2. The van der Waals surface area contributed by atoms with Gasteiger partial charge in [0, 0.05) is 28.7 Å². The van der Waals surface area contributed by atoms with Crippen molar-refractivity contribution >= 4 is 54.7 Å². The number of carbonyl (C=O) groups excluding carboxylic acids is 1. The van der Waals surface area contributed by atoms with Gasteiger partial charge in [-0.15, -0.1) is 11.3 Å². The average Bonchev–Trinajstić information content (AvgIpc) is 3.37. The van der Waals surface area contributed by atoms with Crippen LogP contribution in [0.15, 0.2) is 71.4 Å². The highest BCUT2D eigenvalue weighted by atomic mass is 35.5. The standard InChI is InChI=1S/C21H19ClN4O5S3/c22-19-7-6-15(32-19)10-12-33(28,29)25-17-9-11-26(21(17)27)20-8-5-14(13-24-20)16-3-1-2-4-18(16)34(23,30)31/h1-9,13,25H,10-12H2,(H2,23,30,31). The molecule has 13 heteroatoms. The number of benzene rings is 1. The molecule has 1 amide bonds. The number of pyridine rings is 1. The second-order valence-electron chi connectivity index (χ2n) is 7.36. The summed E-state index contributed by atoms with van der Waals surface area (Å²) >= 11 is 7.18. The summed E-state index contributed by atoms with van der Waals surface area (Å²) in [4.78, 5) is 19.2. The molecule has 1 aliphatic heterocycles. The van der Waals surface area contributed by atoms with Crippen molar-refractivity contribution in [1.82, 2.24) is 9.71 Å². The van der Waals surface area contributed by atoms with E-state index in [9.17, 15) is 21.6 Å². The first-order valence-corrected chi connectivity index (χ1v) is 14.3. The number of amides is 1. The van der Waals surface area contributed by atoms with Crippen LogP contribution in [-0.2, 0) is 31.3 Å². The number of primary sulfonamides is 1. The Morgan fingerprint density at radius 2 is 1.85 bits per heavy atom. The third-order valence-electron chi connectivity index (χ3n) is 4.99. The minimum Gasteiger partial charge on any atom is -0.287 e. The lowest BCUT2D eigenvalue weighted by molar-refractivity contribution is -0.114. The first kappa shape index (κ1) is 24.4. The molecule has 1 aliphatic rings. The molecule has 1 aromatic carbocycles. The zero-order chi connectivity index (χ0) is 24.5. The smallest absolute Gasteiger partial charge is 0.276 e. The Morgan fingerprint density at radius 1 is 1.09 bits per heavy atom. The molecule has 9 nitrogen and oxygen atoms in total. The number of aryl methyl sites for hydroxylation is 1. The van der Waals surface area contributed by atoms with E-state index in [0.717, 1.165) is 4.88 Å². The van der Waals surface area contributed by atoms with E-state index in [4.69, 9.17) is 16.7 Å². The largest absolute Gasteiger partial charge is 0.287 e. The van der Waals surface area contributed by atoms with Crippen molar-refractivity contribution in [2.45, 2.75) is 11.3 Å². The SMILES string of the molecule is NS(=O)(=O)c1ccccc1-c1ccc(N2CC=C(NS(=O)(=O)CCc3ccc(Cl)s3)C2=O)nc1. The van der Waals surface area contributed by atoms with Crippen LogP contribution in [0, 0.1) is 0 Å². The van der Waals surface area contributed by atoms with Gasteiger partial charge in [-0.2, -0.15) is 0 Å². The Hall–Kier alpha value is -2.77. The third kappa shape index (κ3) is 5.47. The van der Waals surface area contributed by atoms with Gasteiger partial charge in [0.15, 0.2) is 0 Å². The quantitative estimate of drug-likeness (QED) is 0.451. The Bertz CT molecular complexity index is 1480. The molecule has 34 heavy (non-hydrogen) atoms. The van der Waals surface area contributed by atoms with Gasteiger partial charge >= 0.3 is 0 Å². The lowest BCUT2D eigenvalue weighted by Crippen LogP contribution is -2.34. The van der Waals surface area contributed by atoms with E-state index in [1.54, 1.807) is 42.5 Å². The van der Waals surface area contributed by atoms with E-state index >= 15 is 0 Å². The molecule has 3 aromatic rings. The van der Waals surface area contributed by atoms with Crippen molar-refractivity contribution in [2.24, 2.45) is 5.14 Å². The highest BCUT2D eigenvalue weighted by Gasteiger charge is 2.29. The lowest BCUT2D eigenvalue weighted by atomic mass is 10.1.